The Kier molecular flexibility index (Phi) is 6.37. The summed E-state index contributed by atoms with van der Waals surface area (Å²) in [5.74, 6) is -0.0452. The molecule has 0 unspecified atom stereocenters. The Hall–Kier alpha value is -2.82. The fourth-order valence-corrected chi connectivity index (χ4v) is 2.34. The molecule has 5 nitrogen and oxygen atoms in total. The van der Waals surface area contributed by atoms with Crippen LogP contribution in [0.2, 0.25) is 0 Å². The number of carbonyl (C=O) groups excluding carboxylic acids is 2. The molecule has 0 atom stereocenters. The van der Waals surface area contributed by atoms with E-state index < -0.39 is 0 Å². The van der Waals surface area contributed by atoms with Gasteiger partial charge in [0.05, 0.1) is 6.54 Å². The summed E-state index contributed by atoms with van der Waals surface area (Å²) in [5, 5.41) is 5.92. The van der Waals surface area contributed by atoms with E-state index in [1.807, 2.05) is 61.5 Å². The Bertz CT molecular complexity index is 686. The predicted octanol–water partition coefficient (Wildman–Crippen LogP) is 3.50. The maximum Gasteiger partial charge on any atom is 0.246 e. The van der Waals surface area contributed by atoms with Crippen LogP contribution in [0.5, 0.6) is 0 Å². The second-order valence-corrected chi connectivity index (χ2v) is 5.31. The lowest BCUT2D eigenvalue weighted by Gasteiger charge is -2.21. The molecule has 0 heterocycles. The second-order valence-electron chi connectivity index (χ2n) is 5.31. The summed E-state index contributed by atoms with van der Waals surface area (Å²) in [5.41, 5.74) is 2.40. The highest BCUT2D eigenvalue weighted by atomic mass is 16.2. The number of benzene rings is 2. The lowest BCUT2D eigenvalue weighted by molar-refractivity contribution is -0.117. The van der Waals surface area contributed by atoms with Gasteiger partial charge in [0, 0.05) is 30.0 Å². The van der Waals surface area contributed by atoms with Crippen LogP contribution in [-0.2, 0) is 9.59 Å². The molecule has 0 spiro atoms. The van der Waals surface area contributed by atoms with Crippen molar-refractivity contribution >= 4 is 28.9 Å². The fourth-order valence-electron chi connectivity index (χ4n) is 2.34. The highest BCUT2D eigenvalue weighted by Crippen LogP contribution is 2.16. The minimum absolute atomic E-state index is 0.00769. The molecule has 2 amide bonds. The predicted molar refractivity (Wildman–Crippen MR) is 98.3 cm³/mol. The van der Waals surface area contributed by atoms with Crippen LogP contribution in [0.25, 0.3) is 0 Å². The van der Waals surface area contributed by atoms with E-state index in [4.69, 9.17) is 0 Å². The van der Waals surface area contributed by atoms with Gasteiger partial charge in [0.15, 0.2) is 0 Å². The quantitative estimate of drug-likeness (QED) is 0.819. The summed E-state index contributed by atoms with van der Waals surface area (Å²) in [6.07, 6.45) is 0.429. The number of anilines is 3. The first-order valence-corrected chi connectivity index (χ1v) is 8.13. The first kappa shape index (κ1) is 17.5. The van der Waals surface area contributed by atoms with Crippen molar-refractivity contribution in [2.24, 2.45) is 0 Å². The van der Waals surface area contributed by atoms with Crippen LogP contribution in [0.4, 0.5) is 17.1 Å². The van der Waals surface area contributed by atoms with Gasteiger partial charge in [-0.15, -0.1) is 0 Å². The lowest BCUT2D eigenvalue weighted by Crippen LogP contribution is -2.35. The van der Waals surface area contributed by atoms with Gasteiger partial charge in [0.2, 0.25) is 11.8 Å². The number of likely N-dealkylation sites (N-methyl/N-ethyl adjacent to an activating group) is 1. The molecule has 0 radical (unpaired) electrons. The Labute approximate surface area is 142 Å². The van der Waals surface area contributed by atoms with Crippen LogP contribution in [0, 0.1) is 0 Å². The molecule has 0 aliphatic rings. The summed E-state index contributed by atoms with van der Waals surface area (Å²) in [6.45, 7) is 4.55. The first-order chi connectivity index (χ1) is 11.6. The number of para-hydroxylation sites is 1. The van der Waals surface area contributed by atoms with Gasteiger partial charge in [-0.05, 0) is 37.3 Å². The van der Waals surface area contributed by atoms with Gasteiger partial charge in [0.25, 0.3) is 0 Å². The van der Waals surface area contributed by atoms with Crippen molar-refractivity contribution in [3.63, 3.8) is 0 Å². The van der Waals surface area contributed by atoms with Gasteiger partial charge >= 0.3 is 0 Å². The van der Waals surface area contributed by atoms with E-state index in [0.717, 1.165) is 17.1 Å². The maximum absolute atomic E-state index is 12.5. The van der Waals surface area contributed by atoms with Crippen molar-refractivity contribution in [3.05, 3.63) is 54.6 Å². The highest BCUT2D eigenvalue weighted by molar-refractivity contribution is 5.96. The SMILES string of the molecule is CCC(=O)Nc1cccc(NCC(=O)N(CC)c2ccccc2)c1. The summed E-state index contributed by atoms with van der Waals surface area (Å²) in [7, 11) is 0. The zero-order chi connectivity index (χ0) is 17.4. The van der Waals surface area contributed by atoms with E-state index in [9.17, 15) is 9.59 Å². The molecule has 24 heavy (non-hydrogen) atoms. The van der Waals surface area contributed by atoms with Gasteiger partial charge in [0.1, 0.15) is 0 Å². The number of carbonyl (C=O) groups is 2. The van der Waals surface area contributed by atoms with Crippen LogP contribution < -0.4 is 15.5 Å². The molecule has 2 aromatic carbocycles. The van der Waals surface area contributed by atoms with Crippen molar-refractivity contribution in [2.45, 2.75) is 20.3 Å². The molecule has 0 aromatic heterocycles. The van der Waals surface area contributed by atoms with Gasteiger partial charge in [-0.3, -0.25) is 9.59 Å². The number of nitrogens with one attached hydrogen (secondary N) is 2. The topological polar surface area (TPSA) is 61.4 Å². The molecule has 0 saturated carbocycles. The third-order valence-corrected chi connectivity index (χ3v) is 3.60. The summed E-state index contributed by atoms with van der Waals surface area (Å²) in [4.78, 5) is 25.6. The first-order valence-electron chi connectivity index (χ1n) is 8.13. The largest absolute Gasteiger partial charge is 0.376 e. The molecule has 0 aliphatic heterocycles. The summed E-state index contributed by atoms with van der Waals surface area (Å²) < 4.78 is 0. The number of nitrogens with zero attached hydrogens (tertiary/aromatic N) is 1. The van der Waals surface area contributed by atoms with Gasteiger partial charge in [-0.25, -0.2) is 0 Å². The average molecular weight is 325 g/mol. The monoisotopic (exact) mass is 325 g/mol. The lowest BCUT2D eigenvalue weighted by atomic mass is 10.2. The Balaban J connectivity index is 1.98. The number of rotatable bonds is 7. The van der Waals surface area contributed by atoms with Crippen molar-refractivity contribution < 1.29 is 9.59 Å². The zero-order valence-corrected chi connectivity index (χ0v) is 14.1. The minimum Gasteiger partial charge on any atom is -0.376 e. The molecular formula is C19H23N3O2. The van der Waals surface area contributed by atoms with Crippen LogP contribution in [-0.4, -0.2) is 24.9 Å². The highest BCUT2D eigenvalue weighted by Gasteiger charge is 2.13. The van der Waals surface area contributed by atoms with Gasteiger partial charge in [-0.2, -0.15) is 0 Å². The normalized spacial score (nSPS) is 10.1. The summed E-state index contributed by atoms with van der Waals surface area (Å²) >= 11 is 0. The van der Waals surface area contributed by atoms with Crippen molar-refractivity contribution in [1.82, 2.24) is 0 Å². The zero-order valence-electron chi connectivity index (χ0n) is 14.1. The number of hydrogen-bond donors (Lipinski definition) is 2. The molecule has 0 fully saturated rings. The molecule has 126 valence electrons. The Morgan fingerprint density at radius 2 is 1.67 bits per heavy atom. The average Bonchev–Trinajstić information content (AvgIpc) is 2.62. The van der Waals surface area contributed by atoms with Crippen LogP contribution >= 0.6 is 0 Å². The fraction of sp³-hybridized carbons (Fsp3) is 0.263. The molecular weight excluding hydrogens is 302 g/mol. The van der Waals surface area contributed by atoms with E-state index in [1.165, 1.54) is 0 Å². The molecule has 0 bridgehead atoms. The van der Waals surface area contributed by atoms with Crippen molar-refractivity contribution in [1.29, 1.82) is 0 Å². The third kappa shape index (κ3) is 4.84. The molecule has 2 aromatic rings. The van der Waals surface area contributed by atoms with E-state index in [-0.39, 0.29) is 18.4 Å². The third-order valence-electron chi connectivity index (χ3n) is 3.60. The van der Waals surface area contributed by atoms with Crippen LogP contribution in [0.3, 0.4) is 0 Å². The van der Waals surface area contributed by atoms with Gasteiger partial charge in [-0.1, -0.05) is 31.2 Å². The molecule has 0 aliphatic carbocycles. The Morgan fingerprint density at radius 3 is 2.33 bits per heavy atom. The van der Waals surface area contributed by atoms with Gasteiger partial charge < -0.3 is 15.5 Å². The molecule has 5 heteroatoms. The summed E-state index contributed by atoms with van der Waals surface area (Å²) in [6, 6.07) is 16.9. The van der Waals surface area contributed by atoms with Crippen LogP contribution in [0.15, 0.2) is 54.6 Å². The second kappa shape index (κ2) is 8.72. The minimum atomic E-state index is -0.0375. The van der Waals surface area contributed by atoms with E-state index >= 15 is 0 Å². The smallest absolute Gasteiger partial charge is 0.246 e. The van der Waals surface area contributed by atoms with E-state index in [1.54, 1.807) is 11.8 Å². The van der Waals surface area contributed by atoms with E-state index in [2.05, 4.69) is 10.6 Å². The standard InChI is InChI=1S/C19H23N3O2/c1-3-18(23)21-16-10-8-9-15(13-16)20-14-19(24)22(4-2)17-11-6-5-7-12-17/h5-13,20H,3-4,14H2,1-2H3,(H,21,23). The van der Waals surface area contributed by atoms with Crippen molar-refractivity contribution in [2.75, 3.05) is 28.6 Å². The Morgan fingerprint density at radius 1 is 0.958 bits per heavy atom. The van der Waals surface area contributed by atoms with Crippen molar-refractivity contribution in [3.8, 4) is 0 Å². The molecule has 0 saturated heterocycles. The van der Waals surface area contributed by atoms with E-state index in [0.29, 0.717) is 13.0 Å². The van der Waals surface area contributed by atoms with Crippen LogP contribution in [0.1, 0.15) is 20.3 Å². The number of hydrogen-bond acceptors (Lipinski definition) is 3. The number of amides is 2. The maximum atomic E-state index is 12.5. The molecule has 2 N–H and O–H groups in total. The molecule has 2 rings (SSSR count).